The number of allylic oxidation sites excluding steroid dienone is 2. The van der Waals surface area contributed by atoms with Gasteiger partial charge in [0.25, 0.3) is 0 Å². The predicted molar refractivity (Wildman–Crippen MR) is 102 cm³/mol. The summed E-state index contributed by atoms with van der Waals surface area (Å²) in [5, 5.41) is 12.7. The topological polar surface area (TPSA) is 96.4 Å². The summed E-state index contributed by atoms with van der Waals surface area (Å²) in [6.45, 7) is 5.64. The lowest BCUT2D eigenvalue weighted by Crippen LogP contribution is -2.08. The molecule has 0 radical (unpaired) electrons. The lowest BCUT2D eigenvalue weighted by atomic mass is 10.0. The van der Waals surface area contributed by atoms with Crippen LogP contribution in [0.1, 0.15) is 22.5 Å². The van der Waals surface area contributed by atoms with E-state index in [0.29, 0.717) is 22.8 Å². The zero-order valence-corrected chi connectivity index (χ0v) is 14.2. The van der Waals surface area contributed by atoms with E-state index in [2.05, 4.69) is 21.6 Å². The summed E-state index contributed by atoms with van der Waals surface area (Å²) < 4.78 is 1.73. The van der Waals surface area contributed by atoms with E-state index in [1.807, 2.05) is 44.5 Å². The number of hydrogen-bond donors (Lipinski definition) is 3. The molecule has 0 aliphatic heterocycles. The van der Waals surface area contributed by atoms with Gasteiger partial charge in [0, 0.05) is 41.8 Å². The molecule has 3 rings (SSSR count). The van der Waals surface area contributed by atoms with Gasteiger partial charge in [-0.1, -0.05) is 24.8 Å². The average molecular weight is 332 g/mol. The number of anilines is 1. The van der Waals surface area contributed by atoms with Crippen LogP contribution in [0.4, 0.5) is 5.82 Å². The minimum Gasteiger partial charge on any atom is -0.383 e. The molecule has 0 amide bonds. The van der Waals surface area contributed by atoms with Gasteiger partial charge in [0.05, 0.1) is 17.6 Å². The molecule has 0 atom stereocenters. The Labute approximate surface area is 146 Å². The normalized spacial score (nSPS) is 11.1. The number of rotatable bonds is 5. The molecule has 0 saturated heterocycles. The highest BCUT2D eigenvalue weighted by Gasteiger charge is 2.14. The molecule has 0 aliphatic carbocycles. The number of hydrogen-bond acceptors (Lipinski definition) is 4. The Kier molecular flexibility index (Phi) is 4.35. The van der Waals surface area contributed by atoms with Crippen LogP contribution in [0.15, 0.2) is 49.5 Å². The molecule has 3 aromatic rings. The molecule has 0 aromatic carbocycles. The molecule has 4 N–H and O–H groups in total. The van der Waals surface area contributed by atoms with E-state index >= 15 is 0 Å². The van der Waals surface area contributed by atoms with Crippen molar-refractivity contribution < 1.29 is 0 Å². The van der Waals surface area contributed by atoms with Crippen LogP contribution in [-0.4, -0.2) is 25.5 Å². The number of pyridine rings is 1. The molecule has 0 spiro atoms. The Balaban J connectivity index is 1.99. The van der Waals surface area contributed by atoms with Crippen molar-refractivity contribution in [1.82, 2.24) is 19.7 Å². The highest BCUT2D eigenvalue weighted by Crippen LogP contribution is 2.24. The van der Waals surface area contributed by atoms with Gasteiger partial charge in [-0.3, -0.25) is 10.1 Å². The van der Waals surface area contributed by atoms with Gasteiger partial charge >= 0.3 is 0 Å². The monoisotopic (exact) mass is 332 g/mol. The number of aryl methyl sites for hydroxylation is 2. The lowest BCUT2D eigenvalue weighted by Gasteiger charge is -2.07. The van der Waals surface area contributed by atoms with Crippen LogP contribution in [0.3, 0.4) is 0 Å². The maximum atomic E-state index is 8.55. The molecule has 3 heterocycles. The number of nitrogen functional groups attached to an aromatic ring is 1. The van der Waals surface area contributed by atoms with Crippen molar-refractivity contribution in [2.45, 2.75) is 6.92 Å². The van der Waals surface area contributed by atoms with Crippen LogP contribution in [-0.2, 0) is 7.05 Å². The highest BCUT2D eigenvalue weighted by atomic mass is 15.2. The fourth-order valence-electron chi connectivity index (χ4n) is 2.60. The Bertz CT molecular complexity index is 974. The van der Waals surface area contributed by atoms with Crippen LogP contribution in [0.2, 0.25) is 0 Å². The highest BCUT2D eigenvalue weighted by molar-refractivity contribution is 6.13. The molecule has 0 bridgehead atoms. The van der Waals surface area contributed by atoms with Gasteiger partial charge in [-0.25, -0.2) is 4.98 Å². The first kappa shape index (κ1) is 16.4. The number of aromatic amines is 1. The third kappa shape index (κ3) is 3.28. The molecule has 6 nitrogen and oxygen atoms in total. The molecule has 0 saturated carbocycles. The molecular formula is C19H20N6. The first-order valence-electron chi connectivity index (χ1n) is 7.82. The molecule has 0 fully saturated rings. The number of nitrogens with two attached hydrogens (primary N) is 1. The minimum atomic E-state index is 0.303. The zero-order valence-electron chi connectivity index (χ0n) is 14.2. The van der Waals surface area contributed by atoms with Crippen LogP contribution < -0.4 is 5.73 Å². The summed E-state index contributed by atoms with van der Waals surface area (Å²) >= 11 is 0. The zero-order chi connectivity index (χ0) is 18.0. The van der Waals surface area contributed by atoms with Gasteiger partial charge in [-0.15, -0.1) is 0 Å². The quantitative estimate of drug-likeness (QED) is 0.494. The van der Waals surface area contributed by atoms with Crippen molar-refractivity contribution in [3.63, 3.8) is 0 Å². The van der Waals surface area contributed by atoms with Gasteiger partial charge in [0.1, 0.15) is 5.82 Å². The second-order valence-electron chi connectivity index (χ2n) is 5.79. The second kappa shape index (κ2) is 6.60. The van der Waals surface area contributed by atoms with Crippen molar-refractivity contribution >= 4 is 17.6 Å². The third-order valence-corrected chi connectivity index (χ3v) is 3.96. The molecular weight excluding hydrogens is 312 g/mol. The second-order valence-corrected chi connectivity index (χ2v) is 5.79. The Hall–Kier alpha value is -3.41. The summed E-state index contributed by atoms with van der Waals surface area (Å²) in [7, 11) is 1.86. The summed E-state index contributed by atoms with van der Waals surface area (Å²) in [4.78, 5) is 7.48. The molecule has 25 heavy (non-hydrogen) atoms. The van der Waals surface area contributed by atoms with Gasteiger partial charge in [0.15, 0.2) is 0 Å². The Morgan fingerprint density at radius 3 is 2.80 bits per heavy atom. The van der Waals surface area contributed by atoms with E-state index < -0.39 is 0 Å². The van der Waals surface area contributed by atoms with Crippen LogP contribution in [0, 0.1) is 12.3 Å². The maximum Gasteiger partial charge on any atom is 0.132 e. The standard InChI is InChI=1S/C19H20N6/c1-4-5-6-13-8-17(24-12(13)2)18(20)16-7-14(9-22-19(16)21)15-10-23-25(3)11-15/h4-11,20,24H,1H2,2-3H3,(H2,21,22)/b6-5-,20-18?. The molecule has 3 aromatic heterocycles. The Morgan fingerprint density at radius 2 is 2.12 bits per heavy atom. The number of H-pyrrole nitrogens is 1. The average Bonchev–Trinajstić information content (AvgIpc) is 3.19. The van der Waals surface area contributed by atoms with Gasteiger partial charge in [-0.2, -0.15) is 5.10 Å². The van der Waals surface area contributed by atoms with Crippen molar-refractivity contribution in [2.24, 2.45) is 7.05 Å². The lowest BCUT2D eigenvalue weighted by molar-refractivity contribution is 0.768. The van der Waals surface area contributed by atoms with E-state index in [-0.39, 0.29) is 0 Å². The summed E-state index contributed by atoms with van der Waals surface area (Å²) in [5.41, 5.74) is 11.4. The molecule has 126 valence electrons. The smallest absolute Gasteiger partial charge is 0.132 e. The summed E-state index contributed by atoms with van der Waals surface area (Å²) in [5.74, 6) is 0.327. The Morgan fingerprint density at radius 1 is 1.32 bits per heavy atom. The molecule has 6 heteroatoms. The fraction of sp³-hybridized carbons (Fsp3) is 0.105. The van der Waals surface area contributed by atoms with Crippen molar-refractivity contribution in [3.05, 3.63) is 72.0 Å². The van der Waals surface area contributed by atoms with E-state index in [4.69, 9.17) is 11.1 Å². The first-order chi connectivity index (χ1) is 12.0. The summed E-state index contributed by atoms with van der Waals surface area (Å²) in [6.07, 6.45) is 10.9. The van der Waals surface area contributed by atoms with E-state index in [1.54, 1.807) is 23.2 Å². The van der Waals surface area contributed by atoms with Crippen molar-refractivity contribution in [1.29, 1.82) is 5.41 Å². The maximum absolute atomic E-state index is 8.55. The largest absolute Gasteiger partial charge is 0.383 e. The van der Waals surface area contributed by atoms with Gasteiger partial charge in [0.2, 0.25) is 0 Å². The minimum absolute atomic E-state index is 0.303. The number of nitrogens with one attached hydrogen (secondary N) is 2. The number of aromatic nitrogens is 4. The van der Waals surface area contributed by atoms with E-state index in [0.717, 1.165) is 22.4 Å². The van der Waals surface area contributed by atoms with E-state index in [9.17, 15) is 0 Å². The van der Waals surface area contributed by atoms with Crippen molar-refractivity contribution in [3.8, 4) is 11.1 Å². The number of nitrogens with zero attached hydrogens (tertiary/aromatic N) is 3. The van der Waals surface area contributed by atoms with Crippen LogP contribution in [0.25, 0.3) is 17.2 Å². The van der Waals surface area contributed by atoms with Gasteiger partial charge in [-0.05, 0) is 24.6 Å². The molecule has 0 unspecified atom stereocenters. The summed E-state index contributed by atoms with van der Waals surface area (Å²) in [6, 6.07) is 3.80. The van der Waals surface area contributed by atoms with Crippen LogP contribution >= 0.6 is 0 Å². The first-order valence-corrected chi connectivity index (χ1v) is 7.82. The van der Waals surface area contributed by atoms with Crippen molar-refractivity contribution in [2.75, 3.05) is 5.73 Å². The van der Waals surface area contributed by atoms with Crippen LogP contribution in [0.5, 0.6) is 0 Å². The van der Waals surface area contributed by atoms with E-state index in [1.165, 1.54) is 0 Å². The van der Waals surface area contributed by atoms with Gasteiger partial charge < -0.3 is 10.7 Å². The third-order valence-electron chi connectivity index (χ3n) is 3.96. The SMILES string of the molecule is C=C/C=C\c1cc(C(=N)c2cc(-c3cnn(C)c3)cnc2N)[nH]c1C. The predicted octanol–water partition coefficient (Wildman–Crippen LogP) is 3.32. The molecule has 0 aliphatic rings. The fourth-order valence-corrected chi connectivity index (χ4v) is 2.60.